The van der Waals surface area contributed by atoms with Crippen molar-refractivity contribution < 1.29 is 28.7 Å². The highest BCUT2D eigenvalue weighted by molar-refractivity contribution is 7.19. The van der Waals surface area contributed by atoms with Gasteiger partial charge in [0.25, 0.3) is 11.8 Å². The summed E-state index contributed by atoms with van der Waals surface area (Å²) in [5.74, 6) is 0.389. The topological polar surface area (TPSA) is 155 Å². The first-order valence-corrected chi connectivity index (χ1v) is 26.6. The minimum atomic E-state index is -0.324. The maximum absolute atomic E-state index is 13.1. The number of unbranched alkanes of at least 4 members (excludes halogenated alkanes) is 5. The molecular formula is C49H55N7O6S4. The number of nitrogens with zero attached hydrogens (tertiary/aromatic N) is 4. The van der Waals surface area contributed by atoms with Crippen molar-refractivity contribution in [3.8, 4) is 0 Å². The first kappa shape index (κ1) is 45.2. The number of hydrogen-bond acceptors (Lipinski definition) is 13. The summed E-state index contributed by atoms with van der Waals surface area (Å²) in [6, 6.07) is 23.2. The molecule has 0 bridgehead atoms. The van der Waals surface area contributed by atoms with Gasteiger partial charge in [0.15, 0.2) is 0 Å². The van der Waals surface area contributed by atoms with E-state index in [2.05, 4.69) is 28.1 Å². The van der Waals surface area contributed by atoms with Crippen LogP contribution in [-0.2, 0) is 19.1 Å². The van der Waals surface area contributed by atoms with E-state index in [1.165, 1.54) is 32.1 Å². The molecule has 3 saturated heterocycles. The Kier molecular flexibility index (Phi) is 14.2. The van der Waals surface area contributed by atoms with Crippen LogP contribution in [0.25, 0.3) is 20.4 Å². The number of benzene rings is 2. The minimum Gasteiger partial charge on any atom is -0.378 e. The molecule has 10 rings (SSSR count). The lowest BCUT2D eigenvalue weighted by Gasteiger charge is -2.37. The maximum Gasteiger partial charge on any atom is 0.264 e. The van der Waals surface area contributed by atoms with E-state index in [1.54, 1.807) is 28.7 Å². The van der Waals surface area contributed by atoms with E-state index in [0.717, 1.165) is 85.4 Å². The van der Waals surface area contributed by atoms with Gasteiger partial charge in [-0.15, -0.1) is 45.3 Å². The Morgan fingerprint density at radius 2 is 1.11 bits per heavy atom. The lowest BCUT2D eigenvalue weighted by atomic mass is 10.0. The van der Waals surface area contributed by atoms with Crippen LogP contribution in [0.2, 0.25) is 0 Å². The Labute approximate surface area is 400 Å². The Hall–Kier alpha value is -4.62. The van der Waals surface area contributed by atoms with Crippen molar-refractivity contribution in [2.45, 2.75) is 94.3 Å². The van der Waals surface area contributed by atoms with Gasteiger partial charge >= 0.3 is 0 Å². The smallest absolute Gasteiger partial charge is 0.264 e. The van der Waals surface area contributed by atoms with Gasteiger partial charge in [0.1, 0.15) is 10.0 Å². The molecule has 3 N–H and O–H groups in total. The molecule has 6 aromatic rings. The lowest BCUT2D eigenvalue weighted by Crippen LogP contribution is -2.48. The van der Waals surface area contributed by atoms with Gasteiger partial charge in [0, 0.05) is 63.7 Å². The highest BCUT2D eigenvalue weighted by Gasteiger charge is 2.37. The summed E-state index contributed by atoms with van der Waals surface area (Å²) in [7, 11) is 0. The van der Waals surface area contributed by atoms with Crippen LogP contribution in [0.1, 0.15) is 105 Å². The number of amides is 4. The van der Waals surface area contributed by atoms with Crippen LogP contribution < -0.4 is 16.0 Å². The van der Waals surface area contributed by atoms with E-state index in [-0.39, 0.29) is 59.6 Å². The van der Waals surface area contributed by atoms with Gasteiger partial charge in [-0.05, 0) is 87.1 Å². The maximum atomic E-state index is 13.1. The molecule has 4 aromatic heterocycles. The van der Waals surface area contributed by atoms with Gasteiger partial charge < -0.3 is 35.2 Å². The average Bonchev–Trinajstić information content (AvgIpc) is 4.15. The quantitative estimate of drug-likeness (QED) is 0.0674. The summed E-state index contributed by atoms with van der Waals surface area (Å²) >= 11 is 6.08. The van der Waals surface area contributed by atoms with Crippen LogP contribution in [0.5, 0.6) is 0 Å². The summed E-state index contributed by atoms with van der Waals surface area (Å²) in [5, 5.41) is 12.9. The molecule has 3 aliphatic heterocycles. The first-order chi connectivity index (χ1) is 32.3. The molecule has 1 saturated carbocycles. The molecule has 7 heterocycles. The summed E-state index contributed by atoms with van der Waals surface area (Å²) in [6.45, 7) is 4.71. The zero-order valence-electron chi connectivity index (χ0n) is 36.8. The molecule has 0 spiro atoms. The molecular weight excluding hydrogens is 911 g/mol. The monoisotopic (exact) mass is 965 g/mol. The number of rotatable bonds is 19. The Balaban J connectivity index is 0.537. The number of likely N-dealkylation sites (tertiary alicyclic amines) is 2. The minimum absolute atomic E-state index is 0.00275. The summed E-state index contributed by atoms with van der Waals surface area (Å²) < 4.78 is 14.7. The molecule has 0 unspecified atom stereocenters. The second kappa shape index (κ2) is 20.7. The van der Waals surface area contributed by atoms with Crippen LogP contribution in [0, 0.1) is 5.92 Å². The predicted octanol–water partition coefficient (Wildman–Crippen LogP) is 9.36. The number of hydrogen-bond donors (Lipinski definition) is 3. The molecule has 4 atom stereocenters. The van der Waals surface area contributed by atoms with Crippen molar-refractivity contribution in [3.05, 3.63) is 92.6 Å². The number of thiazole rings is 2. The number of carbonyl (C=O) groups excluding carboxylic acids is 4. The van der Waals surface area contributed by atoms with Gasteiger partial charge in [-0.3, -0.25) is 19.2 Å². The molecule has 0 radical (unpaired) electrons. The first-order valence-electron chi connectivity index (χ1n) is 23.4. The van der Waals surface area contributed by atoms with Crippen molar-refractivity contribution in [2.24, 2.45) is 5.92 Å². The van der Waals surface area contributed by atoms with E-state index in [9.17, 15) is 19.2 Å². The van der Waals surface area contributed by atoms with Crippen LogP contribution in [0.15, 0.2) is 72.8 Å². The Morgan fingerprint density at radius 3 is 1.67 bits per heavy atom. The van der Waals surface area contributed by atoms with Crippen molar-refractivity contribution in [2.75, 3.05) is 56.6 Å². The number of carbonyl (C=O) groups is 4. The second-order valence-corrected chi connectivity index (χ2v) is 22.3. The summed E-state index contributed by atoms with van der Waals surface area (Å²) in [5.41, 5.74) is 2.03. The molecule has 1 aliphatic carbocycles. The van der Waals surface area contributed by atoms with Crippen molar-refractivity contribution in [1.82, 2.24) is 25.1 Å². The number of nitrogens with one attached hydrogen (secondary N) is 3. The Bertz CT molecular complexity index is 2420. The van der Waals surface area contributed by atoms with E-state index in [0.29, 0.717) is 65.5 Å². The SMILES string of the molecule is O=C(Nc1ccc(C(=O)N2CC(c3nc4ccccc4s3)C2)s1)[C@H]1CC[C@H](OCCCCCCCCO[C@H]2CN[C@H](C(=O)Nc3ccc(C(=O)N4CC(c5nc6ccccc6s5)C4)s3)C2)C1. The second-order valence-electron chi connectivity index (χ2n) is 18.0. The molecule has 346 valence electrons. The summed E-state index contributed by atoms with van der Waals surface area (Å²) in [6.07, 6.45) is 9.71. The van der Waals surface area contributed by atoms with Crippen LogP contribution in [0.3, 0.4) is 0 Å². The summed E-state index contributed by atoms with van der Waals surface area (Å²) in [4.78, 5) is 67.0. The fourth-order valence-electron chi connectivity index (χ4n) is 9.29. The Morgan fingerprint density at radius 1 is 0.591 bits per heavy atom. The number of anilines is 2. The molecule has 66 heavy (non-hydrogen) atoms. The van der Waals surface area contributed by atoms with Crippen LogP contribution in [0.4, 0.5) is 10.0 Å². The normalized spacial score (nSPS) is 21.1. The third kappa shape index (κ3) is 10.6. The molecule has 4 aliphatic rings. The van der Waals surface area contributed by atoms with Crippen molar-refractivity contribution >= 4 is 99.4 Å². The zero-order valence-corrected chi connectivity index (χ0v) is 40.1. The molecule has 17 heteroatoms. The zero-order chi connectivity index (χ0) is 45.0. The van der Waals surface area contributed by atoms with Crippen LogP contribution in [-0.4, -0.2) is 108 Å². The van der Waals surface area contributed by atoms with E-state index in [1.807, 2.05) is 64.4 Å². The third-order valence-electron chi connectivity index (χ3n) is 13.2. The van der Waals surface area contributed by atoms with Gasteiger partial charge in [-0.2, -0.15) is 0 Å². The fourth-order valence-corrected chi connectivity index (χ4v) is 13.1. The molecule has 13 nitrogen and oxygen atoms in total. The molecule has 4 amide bonds. The standard InChI is InChI=1S/C49H55N7O6S4/c57-44(53-42-19-17-40(63-42)48(59)55-26-31(27-55)46-51-35-11-5-7-13-38(35)65-46)30-15-16-33(23-30)61-21-9-3-1-2-4-10-22-62-34-24-37(50-25-34)45(58)54-43-20-18-41(64-43)49(60)56-28-32(29-56)47-52-36-12-6-8-14-39(36)66-47/h5-8,11-14,17-20,30-34,37,50H,1-4,9-10,15-16,21-29H2,(H,53,57)(H,54,58)/t30-,33-,34+,37-/m0/s1. The number of fused-ring (bicyclic) bond motifs is 2. The predicted molar refractivity (Wildman–Crippen MR) is 263 cm³/mol. The van der Waals surface area contributed by atoms with E-state index < -0.39 is 0 Å². The number of ether oxygens (including phenoxy) is 2. The third-order valence-corrected chi connectivity index (χ3v) is 17.6. The average molecular weight is 966 g/mol. The largest absolute Gasteiger partial charge is 0.378 e. The number of thiophene rings is 2. The van der Waals surface area contributed by atoms with Gasteiger partial charge in [-0.1, -0.05) is 49.9 Å². The van der Waals surface area contributed by atoms with Crippen molar-refractivity contribution in [1.29, 1.82) is 0 Å². The van der Waals surface area contributed by atoms with E-state index >= 15 is 0 Å². The molecule has 4 fully saturated rings. The molecule has 2 aromatic carbocycles. The van der Waals surface area contributed by atoms with E-state index in [4.69, 9.17) is 19.4 Å². The van der Waals surface area contributed by atoms with Gasteiger partial charge in [0.2, 0.25) is 11.8 Å². The fraction of sp³-hybridized carbons (Fsp3) is 0.469. The van der Waals surface area contributed by atoms with Crippen LogP contribution >= 0.6 is 45.3 Å². The number of para-hydroxylation sites is 2. The highest BCUT2D eigenvalue weighted by atomic mass is 32.1. The van der Waals surface area contributed by atoms with Crippen molar-refractivity contribution in [3.63, 3.8) is 0 Å². The van der Waals surface area contributed by atoms with Gasteiger partial charge in [-0.25, -0.2) is 9.97 Å². The highest BCUT2D eigenvalue weighted by Crippen LogP contribution is 2.37. The number of aromatic nitrogens is 2. The van der Waals surface area contributed by atoms with Gasteiger partial charge in [0.05, 0.1) is 58.4 Å². The lowest BCUT2D eigenvalue weighted by molar-refractivity contribution is -0.120.